The Morgan fingerprint density at radius 1 is 1.30 bits per heavy atom. The van der Waals surface area contributed by atoms with Crippen LogP contribution in [0.4, 0.5) is 0 Å². The van der Waals surface area contributed by atoms with Crippen molar-refractivity contribution >= 4 is 23.0 Å². The van der Waals surface area contributed by atoms with Gasteiger partial charge in [0.2, 0.25) is 0 Å². The van der Waals surface area contributed by atoms with E-state index in [1.807, 2.05) is 23.0 Å². The molecule has 0 aliphatic heterocycles. The van der Waals surface area contributed by atoms with Crippen LogP contribution in [0.5, 0.6) is 0 Å². The van der Waals surface area contributed by atoms with E-state index < -0.39 is 0 Å². The van der Waals surface area contributed by atoms with Crippen molar-refractivity contribution in [2.45, 2.75) is 31.8 Å². The average molecular weight is 251 g/mol. The molecule has 2 nitrogen and oxygen atoms in total. The normalized spacial score (nSPS) is 33.2. The minimum atomic E-state index is 0.294. The zero-order valence-electron chi connectivity index (χ0n) is 5.72. The number of rotatable bonds is 1. The molecule has 0 aromatic heterocycles. The standard InChI is InChI=1S/C7H10INO/c8-10-7-3-1-6(5-9)2-4-7/h6-7H,1-4H2. The molecule has 0 atom stereocenters. The summed E-state index contributed by atoms with van der Waals surface area (Å²) in [5.74, 6) is 0.294. The van der Waals surface area contributed by atoms with Crippen LogP contribution in [0.1, 0.15) is 25.7 Å². The smallest absolute Gasteiger partial charge is 0.110 e. The molecule has 56 valence electrons. The second-order valence-corrected chi connectivity index (χ2v) is 3.20. The third kappa shape index (κ3) is 2.10. The van der Waals surface area contributed by atoms with Crippen LogP contribution in [0, 0.1) is 17.2 Å². The van der Waals surface area contributed by atoms with Crippen molar-refractivity contribution in [1.82, 2.24) is 0 Å². The monoisotopic (exact) mass is 251 g/mol. The van der Waals surface area contributed by atoms with E-state index in [4.69, 9.17) is 8.33 Å². The van der Waals surface area contributed by atoms with E-state index in [-0.39, 0.29) is 0 Å². The maximum absolute atomic E-state index is 8.56. The topological polar surface area (TPSA) is 33.0 Å². The lowest BCUT2D eigenvalue weighted by Crippen LogP contribution is -2.17. The highest BCUT2D eigenvalue weighted by Crippen LogP contribution is 2.26. The number of hydrogen-bond acceptors (Lipinski definition) is 2. The quantitative estimate of drug-likeness (QED) is 0.670. The SMILES string of the molecule is N#CC1CCC(OI)CC1. The van der Waals surface area contributed by atoms with Crippen molar-refractivity contribution in [1.29, 1.82) is 5.26 Å². The Balaban J connectivity index is 2.25. The number of halogens is 1. The molecule has 0 bridgehead atoms. The summed E-state index contributed by atoms with van der Waals surface area (Å²) in [6.07, 6.45) is 4.56. The molecule has 0 aromatic carbocycles. The Morgan fingerprint density at radius 2 is 1.90 bits per heavy atom. The Bertz CT molecular complexity index is 135. The minimum Gasteiger partial charge on any atom is -0.312 e. The fraction of sp³-hybridized carbons (Fsp3) is 0.857. The van der Waals surface area contributed by atoms with Crippen LogP contribution < -0.4 is 0 Å². The summed E-state index contributed by atoms with van der Waals surface area (Å²) in [5.41, 5.74) is 0. The van der Waals surface area contributed by atoms with Gasteiger partial charge in [0, 0.05) is 5.92 Å². The van der Waals surface area contributed by atoms with Gasteiger partial charge in [-0.3, -0.25) is 0 Å². The highest BCUT2D eigenvalue weighted by molar-refractivity contribution is 14.1. The second kappa shape index (κ2) is 4.14. The van der Waals surface area contributed by atoms with Crippen LogP contribution in [-0.2, 0) is 3.07 Å². The van der Waals surface area contributed by atoms with Gasteiger partial charge in [0.25, 0.3) is 0 Å². The first kappa shape index (κ1) is 8.28. The molecule has 3 heteroatoms. The third-order valence-corrected chi connectivity index (χ3v) is 2.70. The summed E-state index contributed by atoms with van der Waals surface area (Å²) in [6, 6.07) is 2.29. The fourth-order valence-electron chi connectivity index (χ4n) is 1.28. The van der Waals surface area contributed by atoms with Gasteiger partial charge in [-0.05, 0) is 25.7 Å². The van der Waals surface area contributed by atoms with Crippen LogP contribution in [0.25, 0.3) is 0 Å². The van der Waals surface area contributed by atoms with Gasteiger partial charge >= 0.3 is 0 Å². The van der Waals surface area contributed by atoms with Gasteiger partial charge in [-0.15, -0.1) is 0 Å². The van der Waals surface area contributed by atoms with Gasteiger partial charge in [0.15, 0.2) is 0 Å². The van der Waals surface area contributed by atoms with Crippen molar-refractivity contribution in [2.24, 2.45) is 5.92 Å². The molecule has 0 saturated heterocycles. The lowest BCUT2D eigenvalue weighted by Gasteiger charge is -2.21. The van der Waals surface area contributed by atoms with E-state index in [9.17, 15) is 0 Å². The highest BCUT2D eigenvalue weighted by atomic mass is 127. The summed E-state index contributed by atoms with van der Waals surface area (Å²) in [4.78, 5) is 0. The molecule has 1 aliphatic rings. The number of nitriles is 1. The molecule has 0 amide bonds. The highest BCUT2D eigenvalue weighted by Gasteiger charge is 2.20. The predicted octanol–water partition coefficient (Wildman–Crippen LogP) is 2.44. The molecule has 1 rings (SSSR count). The average Bonchev–Trinajstić information content (AvgIpc) is 2.05. The van der Waals surface area contributed by atoms with Crippen LogP contribution in [0.15, 0.2) is 0 Å². The number of hydrogen-bond donors (Lipinski definition) is 0. The van der Waals surface area contributed by atoms with E-state index in [1.165, 1.54) is 0 Å². The zero-order chi connectivity index (χ0) is 7.40. The predicted molar refractivity (Wildman–Crippen MR) is 46.5 cm³/mol. The largest absolute Gasteiger partial charge is 0.312 e. The third-order valence-electron chi connectivity index (χ3n) is 1.98. The molecule has 0 unspecified atom stereocenters. The van der Waals surface area contributed by atoms with E-state index in [0.29, 0.717) is 12.0 Å². The molecule has 0 heterocycles. The van der Waals surface area contributed by atoms with E-state index >= 15 is 0 Å². The molecule has 10 heavy (non-hydrogen) atoms. The second-order valence-electron chi connectivity index (χ2n) is 2.69. The summed E-state index contributed by atoms with van der Waals surface area (Å²) in [5, 5.41) is 8.56. The van der Waals surface area contributed by atoms with Gasteiger partial charge < -0.3 is 3.07 Å². The zero-order valence-corrected chi connectivity index (χ0v) is 7.87. The van der Waals surface area contributed by atoms with E-state index in [1.54, 1.807) is 0 Å². The van der Waals surface area contributed by atoms with Gasteiger partial charge in [-0.2, -0.15) is 5.26 Å². The molecule has 0 N–H and O–H groups in total. The van der Waals surface area contributed by atoms with Crippen molar-refractivity contribution in [3.05, 3.63) is 0 Å². The van der Waals surface area contributed by atoms with Crippen molar-refractivity contribution in [3.8, 4) is 6.07 Å². The van der Waals surface area contributed by atoms with E-state index in [0.717, 1.165) is 25.7 Å². The minimum absolute atomic E-state index is 0.294. The molecular formula is C7H10INO. The maximum atomic E-state index is 8.56. The summed E-state index contributed by atoms with van der Waals surface area (Å²) in [7, 11) is 0. The molecule has 0 aromatic rings. The van der Waals surface area contributed by atoms with Crippen molar-refractivity contribution in [2.75, 3.05) is 0 Å². The first-order valence-corrected chi connectivity index (χ1v) is 4.42. The molecule has 1 fully saturated rings. The Kier molecular flexibility index (Phi) is 3.43. The van der Waals surface area contributed by atoms with Gasteiger partial charge in [0.05, 0.1) is 12.2 Å². The van der Waals surface area contributed by atoms with Crippen LogP contribution in [0.2, 0.25) is 0 Å². The van der Waals surface area contributed by atoms with Crippen molar-refractivity contribution in [3.63, 3.8) is 0 Å². The van der Waals surface area contributed by atoms with Crippen LogP contribution >= 0.6 is 23.0 Å². The fourth-order valence-corrected chi connectivity index (χ4v) is 1.79. The first-order chi connectivity index (χ1) is 4.86. The summed E-state index contributed by atoms with van der Waals surface area (Å²) in [6.45, 7) is 0. The Morgan fingerprint density at radius 3 is 2.30 bits per heavy atom. The molecule has 1 aliphatic carbocycles. The lowest BCUT2D eigenvalue weighted by atomic mass is 9.89. The summed E-state index contributed by atoms with van der Waals surface area (Å²) >= 11 is 1.94. The summed E-state index contributed by atoms with van der Waals surface area (Å²) < 4.78 is 5.14. The lowest BCUT2D eigenvalue weighted by molar-refractivity contribution is 0.197. The van der Waals surface area contributed by atoms with E-state index in [2.05, 4.69) is 6.07 Å². The van der Waals surface area contributed by atoms with Gasteiger partial charge in [-0.1, -0.05) is 0 Å². The van der Waals surface area contributed by atoms with Gasteiger partial charge in [-0.25, -0.2) is 0 Å². The molecule has 0 spiro atoms. The molecular weight excluding hydrogens is 241 g/mol. The molecule has 1 saturated carbocycles. The number of nitrogens with zero attached hydrogens (tertiary/aromatic N) is 1. The van der Waals surface area contributed by atoms with Gasteiger partial charge in [0.1, 0.15) is 23.0 Å². The maximum Gasteiger partial charge on any atom is 0.110 e. The van der Waals surface area contributed by atoms with Crippen molar-refractivity contribution < 1.29 is 3.07 Å². The van der Waals surface area contributed by atoms with Crippen LogP contribution in [0.3, 0.4) is 0 Å². The molecule has 0 radical (unpaired) electrons. The Hall–Kier alpha value is 0.180. The first-order valence-electron chi connectivity index (χ1n) is 3.54. The van der Waals surface area contributed by atoms with Crippen LogP contribution in [-0.4, -0.2) is 6.10 Å². The Labute approximate surface area is 75.2 Å².